The standard InChI is InChI=1S/C18H23N7O2/c1-3-23-9-6-19-17(23)13-4-7-24(8-5-13)15(26)11-14-21-18-20-12(2)10-16(27)25(18)22-14/h6,9-10,13H,3-5,7-8,11H2,1-2H3,(H,20,21,22). The van der Waals surface area contributed by atoms with Gasteiger partial charge in [-0.05, 0) is 26.7 Å². The molecule has 0 unspecified atom stereocenters. The summed E-state index contributed by atoms with van der Waals surface area (Å²) in [5.74, 6) is 2.27. The van der Waals surface area contributed by atoms with E-state index in [9.17, 15) is 9.59 Å². The summed E-state index contributed by atoms with van der Waals surface area (Å²) in [7, 11) is 0. The molecule has 1 saturated heterocycles. The molecule has 1 amide bonds. The molecule has 0 radical (unpaired) electrons. The Morgan fingerprint density at radius 2 is 2.07 bits per heavy atom. The molecule has 4 heterocycles. The van der Waals surface area contributed by atoms with Crippen molar-refractivity contribution < 1.29 is 4.79 Å². The van der Waals surface area contributed by atoms with E-state index >= 15 is 0 Å². The van der Waals surface area contributed by atoms with E-state index in [1.807, 2.05) is 17.3 Å². The number of rotatable bonds is 4. The van der Waals surface area contributed by atoms with Gasteiger partial charge in [-0.25, -0.2) is 9.97 Å². The molecule has 1 aliphatic rings. The summed E-state index contributed by atoms with van der Waals surface area (Å²) in [6, 6.07) is 1.43. The highest BCUT2D eigenvalue weighted by molar-refractivity contribution is 5.78. The molecule has 4 rings (SSSR count). The van der Waals surface area contributed by atoms with Crippen LogP contribution in [0, 0.1) is 6.92 Å². The number of hydrogen-bond acceptors (Lipinski definition) is 5. The topological polar surface area (TPSA) is 101 Å². The van der Waals surface area contributed by atoms with Gasteiger partial charge in [0.2, 0.25) is 5.91 Å². The molecule has 9 heteroatoms. The molecule has 0 aliphatic carbocycles. The van der Waals surface area contributed by atoms with Crippen LogP contribution in [0.3, 0.4) is 0 Å². The number of likely N-dealkylation sites (tertiary alicyclic amines) is 1. The van der Waals surface area contributed by atoms with Crippen LogP contribution in [0.4, 0.5) is 0 Å². The van der Waals surface area contributed by atoms with E-state index in [1.54, 1.807) is 6.92 Å². The van der Waals surface area contributed by atoms with Crippen molar-refractivity contribution >= 4 is 11.7 Å². The number of hydrogen-bond donors (Lipinski definition) is 1. The maximum atomic E-state index is 12.6. The average molecular weight is 369 g/mol. The van der Waals surface area contributed by atoms with Gasteiger partial charge >= 0.3 is 0 Å². The number of aromatic nitrogens is 6. The highest BCUT2D eigenvalue weighted by Gasteiger charge is 2.26. The van der Waals surface area contributed by atoms with Crippen LogP contribution in [0.1, 0.15) is 43.0 Å². The predicted octanol–water partition coefficient (Wildman–Crippen LogP) is 0.891. The summed E-state index contributed by atoms with van der Waals surface area (Å²) >= 11 is 0. The van der Waals surface area contributed by atoms with Crippen molar-refractivity contribution in [1.82, 2.24) is 34.0 Å². The number of imidazole rings is 1. The number of amides is 1. The van der Waals surface area contributed by atoms with Crippen LogP contribution in [-0.2, 0) is 17.8 Å². The number of nitrogens with zero attached hydrogens (tertiary/aromatic N) is 6. The van der Waals surface area contributed by atoms with Crippen LogP contribution in [0.15, 0.2) is 23.3 Å². The number of piperidine rings is 1. The Hall–Kier alpha value is -2.97. The second kappa shape index (κ2) is 6.98. The molecule has 0 aromatic carbocycles. The number of carbonyl (C=O) groups excluding carboxylic acids is 1. The second-order valence-electron chi connectivity index (χ2n) is 6.94. The van der Waals surface area contributed by atoms with Gasteiger partial charge < -0.3 is 9.47 Å². The SMILES string of the molecule is CCn1ccnc1C1CCN(C(=O)Cc2nc3nc(C)cc(=O)n3[nH]2)CC1. The fraction of sp³-hybridized carbons (Fsp3) is 0.500. The summed E-state index contributed by atoms with van der Waals surface area (Å²) in [6.45, 7) is 6.18. The number of aryl methyl sites for hydroxylation is 2. The third-order valence-corrected chi connectivity index (χ3v) is 5.12. The zero-order chi connectivity index (χ0) is 19.0. The third-order valence-electron chi connectivity index (χ3n) is 5.12. The monoisotopic (exact) mass is 369 g/mol. The summed E-state index contributed by atoms with van der Waals surface area (Å²) in [6.07, 6.45) is 5.80. The number of H-pyrrole nitrogens is 1. The Morgan fingerprint density at radius 3 is 2.81 bits per heavy atom. The van der Waals surface area contributed by atoms with Crippen molar-refractivity contribution in [2.24, 2.45) is 0 Å². The molecule has 0 saturated carbocycles. The van der Waals surface area contributed by atoms with E-state index in [1.165, 1.54) is 10.6 Å². The molecule has 0 atom stereocenters. The Morgan fingerprint density at radius 1 is 1.30 bits per heavy atom. The second-order valence-corrected chi connectivity index (χ2v) is 6.94. The van der Waals surface area contributed by atoms with E-state index in [-0.39, 0.29) is 17.9 Å². The van der Waals surface area contributed by atoms with Gasteiger partial charge in [0.05, 0.1) is 6.42 Å². The quantitative estimate of drug-likeness (QED) is 0.736. The van der Waals surface area contributed by atoms with Crippen LogP contribution in [0.5, 0.6) is 0 Å². The normalized spacial score (nSPS) is 15.6. The van der Waals surface area contributed by atoms with Gasteiger partial charge in [0, 0.05) is 49.7 Å². The van der Waals surface area contributed by atoms with Crippen LogP contribution in [-0.4, -0.2) is 53.0 Å². The largest absolute Gasteiger partial charge is 0.342 e. The molecule has 3 aromatic rings. The molecule has 9 nitrogen and oxygen atoms in total. The van der Waals surface area contributed by atoms with Gasteiger partial charge in [-0.2, -0.15) is 9.50 Å². The molecule has 1 aliphatic heterocycles. The lowest BCUT2D eigenvalue weighted by molar-refractivity contribution is -0.131. The summed E-state index contributed by atoms with van der Waals surface area (Å²) < 4.78 is 3.44. The van der Waals surface area contributed by atoms with E-state index in [2.05, 4.69) is 31.5 Å². The average Bonchev–Trinajstić information content (AvgIpc) is 3.28. The lowest BCUT2D eigenvalue weighted by Gasteiger charge is -2.31. The molecule has 142 valence electrons. The number of fused-ring (bicyclic) bond motifs is 1. The van der Waals surface area contributed by atoms with E-state index in [0.29, 0.717) is 36.3 Å². The first-order valence-electron chi connectivity index (χ1n) is 9.29. The summed E-state index contributed by atoms with van der Waals surface area (Å²) in [5, 5.41) is 2.88. The van der Waals surface area contributed by atoms with Crippen molar-refractivity contribution in [3.63, 3.8) is 0 Å². The lowest BCUT2D eigenvalue weighted by Crippen LogP contribution is -2.39. The Labute approximate surface area is 156 Å². The minimum absolute atomic E-state index is 0.0103. The minimum atomic E-state index is -0.226. The van der Waals surface area contributed by atoms with Gasteiger partial charge in [-0.15, -0.1) is 0 Å². The Kier molecular flexibility index (Phi) is 4.51. The summed E-state index contributed by atoms with van der Waals surface area (Å²) in [5.41, 5.74) is 0.382. The molecule has 0 spiro atoms. The fourth-order valence-corrected chi connectivity index (χ4v) is 3.71. The van der Waals surface area contributed by atoms with Gasteiger partial charge in [-0.3, -0.25) is 14.7 Å². The van der Waals surface area contributed by atoms with E-state index in [4.69, 9.17) is 0 Å². The third kappa shape index (κ3) is 3.36. The fourth-order valence-electron chi connectivity index (χ4n) is 3.71. The van der Waals surface area contributed by atoms with Gasteiger partial charge in [0.25, 0.3) is 11.3 Å². The molecule has 0 bridgehead atoms. The number of aromatic amines is 1. The first kappa shape index (κ1) is 17.4. The van der Waals surface area contributed by atoms with Crippen molar-refractivity contribution in [3.05, 3.63) is 46.2 Å². The van der Waals surface area contributed by atoms with Crippen LogP contribution < -0.4 is 5.56 Å². The molecule has 3 aromatic heterocycles. The number of nitrogens with one attached hydrogen (secondary N) is 1. The predicted molar refractivity (Wildman–Crippen MR) is 98.5 cm³/mol. The molecule has 1 N–H and O–H groups in total. The zero-order valence-corrected chi connectivity index (χ0v) is 15.6. The van der Waals surface area contributed by atoms with E-state index in [0.717, 1.165) is 25.2 Å². The van der Waals surface area contributed by atoms with Crippen LogP contribution in [0.2, 0.25) is 0 Å². The van der Waals surface area contributed by atoms with Crippen molar-refractivity contribution in [3.8, 4) is 0 Å². The molecule has 27 heavy (non-hydrogen) atoms. The number of carbonyl (C=O) groups is 1. The van der Waals surface area contributed by atoms with Crippen molar-refractivity contribution in [2.45, 2.75) is 45.6 Å². The smallest absolute Gasteiger partial charge is 0.274 e. The van der Waals surface area contributed by atoms with Gasteiger partial charge in [-0.1, -0.05) is 0 Å². The van der Waals surface area contributed by atoms with Crippen LogP contribution in [0.25, 0.3) is 5.78 Å². The Balaban J connectivity index is 1.41. The van der Waals surface area contributed by atoms with Gasteiger partial charge in [0.15, 0.2) is 0 Å². The molecular formula is C18H23N7O2. The van der Waals surface area contributed by atoms with Crippen molar-refractivity contribution in [1.29, 1.82) is 0 Å². The highest BCUT2D eigenvalue weighted by Crippen LogP contribution is 2.27. The first-order valence-corrected chi connectivity index (χ1v) is 9.29. The first-order chi connectivity index (χ1) is 13.0. The maximum Gasteiger partial charge on any atom is 0.274 e. The summed E-state index contributed by atoms with van der Waals surface area (Å²) in [4.78, 5) is 39.5. The highest BCUT2D eigenvalue weighted by atomic mass is 16.2. The minimum Gasteiger partial charge on any atom is -0.342 e. The Bertz CT molecular complexity index is 1020. The maximum absolute atomic E-state index is 12.6. The van der Waals surface area contributed by atoms with E-state index < -0.39 is 0 Å². The van der Waals surface area contributed by atoms with Crippen molar-refractivity contribution in [2.75, 3.05) is 13.1 Å². The van der Waals surface area contributed by atoms with Gasteiger partial charge in [0.1, 0.15) is 11.6 Å². The zero-order valence-electron chi connectivity index (χ0n) is 15.6. The van der Waals surface area contributed by atoms with Crippen LogP contribution >= 0.6 is 0 Å². The molecule has 1 fully saturated rings. The molecular weight excluding hydrogens is 346 g/mol. The lowest BCUT2D eigenvalue weighted by atomic mass is 9.95.